The monoisotopic (exact) mass is 328 g/mol. The zero-order valence-corrected chi connectivity index (χ0v) is 14.7. The molecule has 0 saturated carbocycles. The second-order valence-electron chi connectivity index (χ2n) is 6.06. The smallest absolute Gasteiger partial charge is 0.241 e. The molecule has 24 heavy (non-hydrogen) atoms. The Balaban J connectivity index is 2.01. The van der Waals surface area contributed by atoms with E-state index in [1.807, 2.05) is 18.5 Å². The van der Waals surface area contributed by atoms with Gasteiger partial charge in [0.15, 0.2) is 0 Å². The molecule has 1 heterocycles. The molecule has 5 nitrogen and oxygen atoms in total. The predicted octanol–water partition coefficient (Wildman–Crippen LogP) is 3.05. The molecule has 0 bridgehead atoms. The number of likely N-dealkylation sites (N-methyl/N-ethyl adjacent to an activating group) is 1. The van der Waals surface area contributed by atoms with Gasteiger partial charge in [-0.3, -0.25) is 4.79 Å². The molecule has 1 aromatic heterocycles. The topological polar surface area (TPSA) is 64.2 Å². The Morgan fingerprint density at radius 3 is 2.83 bits per heavy atom. The van der Waals surface area contributed by atoms with E-state index in [0.717, 1.165) is 36.2 Å². The number of nitrogens with zero attached hydrogens (tertiary/aromatic N) is 3. The lowest BCUT2D eigenvalue weighted by Crippen LogP contribution is -2.28. The molecule has 1 amide bonds. The van der Waals surface area contributed by atoms with Crippen LogP contribution < -0.4 is 5.73 Å². The molecule has 0 spiro atoms. The number of hydrogen-bond acceptors (Lipinski definition) is 3. The van der Waals surface area contributed by atoms with Crippen LogP contribution in [0.3, 0.4) is 0 Å². The van der Waals surface area contributed by atoms with Gasteiger partial charge in [-0.15, -0.1) is 0 Å². The average Bonchev–Trinajstić information content (AvgIpc) is 2.98. The number of hydrogen-bond donors (Lipinski definition) is 1. The quantitative estimate of drug-likeness (QED) is 0.538. The highest BCUT2D eigenvalue weighted by atomic mass is 16.1. The molecule has 0 fully saturated rings. The molecular formula is C19H28N4O. The lowest BCUT2D eigenvalue weighted by Gasteiger charge is -2.20. The van der Waals surface area contributed by atoms with Crippen molar-refractivity contribution in [2.75, 3.05) is 19.6 Å². The summed E-state index contributed by atoms with van der Waals surface area (Å²) in [6, 6.07) is 6.01. The van der Waals surface area contributed by atoms with Crippen molar-refractivity contribution in [1.82, 2.24) is 14.5 Å². The van der Waals surface area contributed by atoms with Crippen molar-refractivity contribution in [2.24, 2.45) is 5.73 Å². The van der Waals surface area contributed by atoms with Gasteiger partial charge in [0.25, 0.3) is 0 Å². The third-order valence-electron chi connectivity index (χ3n) is 4.27. The van der Waals surface area contributed by atoms with Crippen molar-refractivity contribution in [3.63, 3.8) is 0 Å². The Kier molecular flexibility index (Phi) is 7.00. The van der Waals surface area contributed by atoms with Crippen LogP contribution in [0.1, 0.15) is 38.7 Å². The van der Waals surface area contributed by atoms with Crippen LogP contribution in [0.15, 0.2) is 30.6 Å². The molecule has 2 aromatic rings. The van der Waals surface area contributed by atoms with Gasteiger partial charge in [-0.1, -0.05) is 32.8 Å². The number of primary amides is 1. The highest BCUT2D eigenvalue weighted by molar-refractivity contribution is 5.91. The first kappa shape index (κ1) is 18.2. The van der Waals surface area contributed by atoms with E-state index in [9.17, 15) is 4.79 Å². The summed E-state index contributed by atoms with van der Waals surface area (Å²) < 4.78 is 2.19. The summed E-state index contributed by atoms with van der Waals surface area (Å²) in [5, 5.41) is 0. The van der Waals surface area contributed by atoms with Gasteiger partial charge in [-0.05, 0) is 43.3 Å². The van der Waals surface area contributed by atoms with Gasteiger partial charge < -0.3 is 15.2 Å². The van der Waals surface area contributed by atoms with Crippen LogP contribution in [0.5, 0.6) is 0 Å². The van der Waals surface area contributed by atoms with E-state index in [0.29, 0.717) is 0 Å². The summed E-state index contributed by atoms with van der Waals surface area (Å²) in [6.45, 7) is 8.68. The number of unbranched alkanes of at least 4 members (excludes halogenated alkanes) is 2. The molecule has 0 unspecified atom stereocenters. The average molecular weight is 328 g/mol. The summed E-state index contributed by atoms with van der Waals surface area (Å²) in [5.41, 5.74) is 8.12. The zero-order valence-electron chi connectivity index (χ0n) is 14.7. The fourth-order valence-corrected chi connectivity index (χ4v) is 2.80. The highest BCUT2D eigenvalue weighted by Gasteiger charge is 2.06. The minimum absolute atomic E-state index is 0.441. The van der Waals surface area contributed by atoms with Crippen LogP contribution in [0.25, 0.3) is 17.1 Å². The number of amides is 1. The zero-order chi connectivity index (χ0) is 17.4. The minimum atomic E-state index is -0.441. The maximum atomic E-state index is 10.8. The van der Waals surface area contributed by atoms with Crippen LogP contribution in [0.2, 0.25) is 0 Å². The number of imidazole rings is 1. The maximum absolute atomic E-state index is 10.8. The Morgan fingerprint density at radius 1 is 1.29 bits per heavy atom. The lowest BCUT2D eigenvalue weighted by atomic mass is 10.2. The van der Waals surface area contributed by atoms with Crippen molar-refractivity contribution in [2.45, 2.75) is 39.7 Å². The first-order valence-electron chi connectivity index (χ1n) is 8.78. The number of benzene rings is 1. The molecule has 0 atom stereocenters. The molecule has 1 aromatic carbocycles. The largest absolute Gasteiger partial charge is 0.366 e. The van der Waals surface area contributed by atoms with Crippen LogP contribution in [0, 0.1) is 0 Å². The summed E-state index contributed by atoms with van der Waals surface area (Å²) in [6.07, 6.45) is 8.81. The predicted molar refractivity (Wildman–Crippen MR) is 99.6 cm³/mol. The summed E-state index contributed by atoms with van der Waals surface area (Å²) >= 11 is 0. The van der Waals surface area contributed by atoms with Crippen LogP contribution >= 0.6 is 0 Å². The van der Waals surface area contributed by atoms with Crippen LogP contribution in [-0.2, 0) is 11.3 Å². The first-order chi connectivity index (χ1) is 11.6. The number of nitrogens with two attached hydrogens (primary N) is 1. The van der Waals surface area contributed by atoms with Crippen molar-refractivity contribution in [1.29, 1.82) is 0 Å². The molecule has 5 heteroatoms. The van der Waals surface area contributed by atoms with Crippen molar-refractivity contribution < 1.29 is 4.79 Å². The first-order valence-corrected chi connectivity index (χ1v) is 8.78. The van der Waals surface area contributed by atoms with Crippen molar-refractivity contribution in [3.05, 3.63) is 36.2 Å². The minimum Gasteiger partial charge on any atom is -0.366 e. The van der Waals surface area contributed by atoms with Gasteiger partial charge >= 0.3 is 0 Å². The van der Waals surface area contributed by atoms with Crippen molar-refractivity contribution in [3.8, 4) is 0 Å². The summed E-state index contributed by atoms with van der Waals surface area (Å²) in [7, 11) is 0. The second kappa shape index (κ2) is 9.23. The Hall–Kier alpha value is -2.14. The Morgan fingerprint density at radius 2 is 2.12 bits per heavy atom. The summed E-state index contributed by atoms with van der Waals surface area (Å²) in [4.78, 5) is 17.8. The normalized spacial score (nSPS) is 11.8. The second-order valence-corrected chi connectivity index (χ2v) is 6.06. The van der Waals surface area contributed by atoms with E-state index >= 15 is 0 Å². The van der Waals surface area contributed by atoms with Gasteiger partial charge in [0.1, 0.15) is 0 Å². The molecule has 2 rings (SSSR count). The Bertz CT molecular complexity index is 690. The van der Waals surface area contributed by atoms with Crippen LogP contribution in [0.4, 0.5) is 0 Å². The fraction of sp³-hybridized carbons (Fsp3) is 0.474. The Labute approximate surface area is 144 Å². The van der Waals surface area contributed by atoms with Gasteiger partial charge in [0.05, 0.1) is 17.4 Å². The summed E-state index contributed by atoms with van der Waals surface area (Å²) in [5.74, 6) is -0.441. The maximum Gasteiger partial charge on any atom is 0.241 e. The lowest BCUT2D eigenvalue weighted by molar-refractivity contribution is -0.113. The van der Waals surface area contributed by atoms with Gasteiger partial charge in [0, 0.05) is 19.2 Å². The van der Waals surface area contributed by atoms with Crippen molar-refractivity contribution >= 4 is 23.0 Å². The van der Waals surface area contributed by atoms with Crippen LogP contribution in [-0.4, -0.2) is 40.0 Å². The molecule has 0 aliphatic rings. The number of rotatable bonds is 10. The van der Waals surface area contributed by atoms with E-state index in [4.69, 9.17) is 5.73 Å². The van der Waals surface area contributed by atoms with Gasteiger partial charge in [0.2, 0.25) is 5.91 Å². The molecule has 130 valence electrons. The van der Waals surface area contributed by atoms with Gasteiger partial charge in [-0.2, -0.15) is 0 Å². The third kappa shape index (κ3) is 5.20. The number of carbonyl (C=O) groups is 1. The van der Waals surface area contributed by atoms with E-state index in [2.05, 4.69) is 34.4 Å². The SMILES string of the molecule is CCCCCN(CC)CCn1cnc2cc(/C=C/C(N)=O)ccc21. The number of carbonyl (C=O) groups excluding carboxylic acids is 1. The van der Waals surface area contributed by atoms with E-state index < -0.39 is 5.91 Å². The third-order valence-corrected chi connectivity index (χ3v) is 4.27. The molecule has 2 N–H and O–H groups in total. The molecule has 0 radical (unpaired) electrons. The van der Waals surface area contributed by atoms with E-state index in [-0.39, 0.29) is 0 Å². The number of aromatic nitrogens is 2. The molecule has 0 aliphatic carbocycles. The molecule has 0 aliphatic heterocycles. The number of fused-ring (bicyclic) bond motifs is 1. The molecular weight excluding hydrogens is 300 g/mol. The van der Waals surface area contributed by atoms with Gasteiger partial charge in [-0.25, -0.2) is 4.98 Å². The highest BCUT2D eigenvalue weighted by Crippen LogP contribution is 2.16. The molecule has 0 saturated heterocycles. The fourth-order valence-electron chi connectivity index (χ4n) is 2.80. The van der Waals surface area contributed by atoms with E-state index in [1.165, 1.54) is 31.9 Å². The van der Waals surface area contributed by atoms with E-state index in [1.54, 1.807) is 6.08 Å². The standard InChI is InChI=1S/C19H28N4O/c1-3-5-6-11-22(4-2)12-13-23-15-21-17-14-16(7-9-18(17)23)8-10-19(20)24/h7-10,14-15H,3-6,11-13H2,1-2H3,(H2,20,24)/b10-8+.